The fourth-order valence-corrected chi connectivity index (χ4v) is 5.06. The summed E-state index contributed by atoms with van der Waals surface area (Å²) >= 11 is 0. The summed E-state index contributed by atoms with van der Waals surface area (Å²) in [5.41, 5.74) is 3.89. The van der Waals surface area contributed by atoms with Crippen LogP contribution in [-0.4, -0.2) is 41.3 Å². The molecular formula is C26H28N2O5. The summed E-state index contributed by atoms with van der Waals surface area (Å²) in [7, 11) is 0. The lowest BCUT2D eigenvalue weighted by molar-refractivity contribution is -0.138. The highest BCUT2D eigenvalue weighted by Crippen LogP contribution is 2.44. The highest BCUT2D eigenvalue weighted by molar-refractivity contribution is 5.87. The molecule has 33 heavy (non-hydrogen) atoms. The number of hydrogen-bond donors (Lipinski definition) is 3. The Morgan fingerprint density at radius 3 is 2.12 bits per heavy atom. The molecule has 3 N–H and O–H groups in total. The summed E-state index contributed by atoms with van der Waals surface area (Å²) in [5, 5.41) is 14.8. The molecule has 2 fully saturated rings. The summed E-state index contributed by atoms with van der Waals surface area (Å²) < 4.78 is 5.63. The van der Waals surface area contributed by atoms with Gasteiger partial charge in [0.15, 0.2) is 0 Å². The van der Waals surface area contributed by atoms with Crippen LogP contribution < -0.4 is 10.6 Å². The molecule has 2 aromatic carbocycles. The predicted molar refractivity (Wildman–Crippen MR) is 122 cm³/mol. The van der Waals surface area contributed by atoms with Crippen LogP contribution in [0.3, 0.4) is 0 Å². The smallest absolute Gasteiger partial charge is 0.407 e. The van der Waals surface area contributed by atoms with E-state index in [1.54, 1.807) is 0 Å². The molecule has 2 amide bonds. The van der Waals surface area contributed by atoms with E-state index >= 15 is 0 Å². The largest absolute Gasteiger partial charge is 0.481 e. The van der Waals surface area contributed by atoms with Crippen LogP contribution in [0.5, 0.6) is 0 Å². The summed E-state index contributed by atoms with van der Waals surface area (Å²) in [4.78, 5) is 36.8. The van der Waals surface area contributed by atoms with Gasteiger partial charge in [0.1, 0.15) is 12.6 Å². The molecule has 0 aliphatic heterocycles. The standard InChI is InChI=1S/C26H28N2O5/c29-22(30)14-26(12-13-26)28-24(31)23(16-6-5-7-16)27-25(32)33-15-21-19-10-3-1-8-17(19)18-9-2-4-11-20(18)21/h1-4,8-11,16,21,23H,5-7,12-15H2,(H,27,32)(H,28,31)(H,29,30). The molecular weight excluding hydrogens is 420 g/mol. The molecule has 3 aliphatic carbocycles. The Kier molecular flexibility index (Phi) is 5.56. The lowest BCUT2D eigenvalue weighted by Gasteiger charge is -2.34. The van der Waals surface area contributed by atoms with Crippen molar-refractivity contribution < 1.29 is 24.2 Å². The van der Waals surface area contributed by atoms with Gasteiger partial charge in [-0.15, -0.1) is 0 Å². The van der Waals surface area contributed by atoms with E-state index in [-0.39, 0.29) is 30.8 Å². The average molecular weight is 449 g/mol. The monoisotopic (exact) mass is 448 g/mol. The molecule has 0 spiro atoms. The van der Waals surface area contributed by atoms with Gasteiger partial charge in [0, 0.05) is 5.92 Å². The predicted octanol–water partition coefficient (Wildman–Crippen LogP) is 3.82. The molecule has 7 nitrogen and oxygen atoms in total. The number of carboxylic acid groups (broad SMARTS) is 1. The fraction of sp³-hybridized carbons (Fsp3) is 0.423. The SMILES string of the molecule is O=C(O)CC1(NC(=O)C(NC(=O)OCC2c3ccccc3-c3ccccc32)C2CCC2)CC1. The van der Waals surface area contributed by atoms with Crippen LogP contribution in [0, 0.1) is 5.92 Å². The number of alkyl carbamates (subject to hydrolysis) is 1. The second kappa shape index (κ2) is 8.54. The van der Waals surface area contributed by atoms with Crippen molar-refractivity contribution in [3.8, 4) is 11.1 Å². The number of carboxylic acids is 1. The molecule has 0 aromatic heterocycles. The van der Waals surface area contributed by atoms with E-state index in [4.69, 9.17) is 9.84 Å². The molecule has 0 saturated heterocycles. The number of fused-ring (bicyclic) bond motifs is 3. The topological polar surface area (TPSA) is 105 Å². The highest BCUT2D eigenvalue weighted by atomic mass is 16.5. The van der Waals surface area contributed by atoms with Gasteiger partial charge < -0.3 is 20.5 Å². The third kappa shape index (κ3) is 4.32. The molecule has 1 atom stereocenters. The minimum absolute atomic E-state index is 0.0473. The zero-order chi connectivity index (χ0) is 23.0. The van der Waals surface area contributed by atoms with Crippen LogP contribution in [0.15, 0.2) is 48.5 Å². The molecule has 2 aromatic rings. The van der Waals surface area contributed by atoms with E-state index in [1.165, 1.54) is 0 Å². The molecule has 172 valence electrons. The van der Waals surface area contributed by atoms with Gasteiger partial charge in [0.2, 0.25) is 5.91 Å². The Labute approximate surface area is 192 Å². The van der Waals surface area contributed by atoms with E-state index in [9.17, 15) is 14.4 Å². The number of aliphatic carboxylic acids is 1. The van der Waals surface area contributed by atoms with Gasteiger partial charge in [-0.1, -0.05) is 55.0 Å². The molecule has 1 unspecified atom stereocenters. The van der Waals surface area contributed by atoms with Crippen molar-refractivity contribution in [2.24, 2.45) is 5.92 Å². The van der Waals surface area contributed by atoms with Gasteiger partial charge in [-0.2, -0.15) is 0 Å². The molecule has 0 bridgehead atoms. The molecule has 2 saturated carbocycles. The van der Waals surface area contributed by atoms with Crippen molar-refractivity contribution in [3.05, 3.63) is 59.7 Å². The minimum atomic E-state index is -0.933. The first kappa shape index (κ1) is 21.5. The fourth-order valence-electron chi connectivity index (χ4n) is 5.06. The number of benzene rings is 2. The second-order valence-electron chi connectivity index (χ2n) is 9.48. The first-order valence-corrected chi connectivity index (χ1v) is 11.6. The number of carbonyl (C=O) groups excluding carboxylic acids is 2. The number of rotatable bonds is 8. The Morgan fingerprint density at radius 1 is 1.00 bits per heavy atom. The van der Waals surface area contributed by atoms with E-state index in [0.717, 1.165) is 41.5 Å². The van der Waals surface area contributed by atoms with Crippen molar-refractivity contribution >= 4 is 18.0 Å². The average Bonchev–Trinajstić information content (AvgIpc) is 3.42. The van der Waals surface area contributed by atoms with Crippen LogP contribution in [-0.2, 0) is 14.3 Å². The van der Waals surface area contributed by atoms with E-state index in [0.29, 0.717) is 12.8 Å². The van der Waals surface area contributed by atoms with Gasteiger partial charge in [0.25, 0.3) is 0 Å². The Hall–Kier alpha value is -3.35. The summed E-state index contributed by atoms with van der Waals surface area (Å²) in [5.74, 6) is -1.25. The van der Waals surface area contributed by atoms with Gasteiger partial charge in [-0.3, -0.25) is 9.59 Å². The third-order valence-electron chi connectivity index (χ3n) is 7.25. The van der Waals surface area contributed by atoms with Crippen molar-refractivity contribution in [2.75, 3.05) is 6.61 Å². The maximum Gasteiger partial charge on any atom is 0.407 e. The minimum Gasteiger partial charge on any atom is -0.481 e. The van der Waals surface area contributed by atoms with Gasteiger partial charge in [0.05, 0.1) is 12.0 Å². The maximum atomic E-state index is 13.0. The summed E-state index contributed by atoms with van der Waals surface area (Å²) in [6, 6.07) is 15.5. The van der Waals surface area contributed by atoms with Crippen molar-refractivity contribution in [2.45, 2.75) is 56.0 Å². The number of hydrogen-bond acceptors (Lipinski definition) is 4. The molecule has 5 rings (SSSR count). The number of amides is 2. The van der Waals surface area contributed by atoms with Crippen molar-refractivity contribution in [3.63, 3.8) is 0 Å². The Bertz CT molecular complexity index is 1040. The summed E-state index contributed by atoms with van der Waals surface area (Å²) in [6.45, 7) is 0.182. The van der Waals surface area contributed by atoms with Gasteiger partial charge >= 0.3 is 12.1 Å². The number of carbonyl (C=O) groups is 3. The van der Waals surface area contributed by atoms with Crippen LogP contribution in [0.4, 0.5) is 4.79 Å². The third-order valence-corrected chi connectivity index (χ3v) is 7.25. The Balaban J connectivity index is 1.24. The second-order valence-corrected chi connectivity index (χ2v) is 9.48. The lowest BCUT2D eigenvalue weighted by atomic mass is 9.79. The highest BCUT2D eigenvalue weighted by Gasteiger charge is 2.48. The van der Waals surface area contributed by atoms with Gasteiger partial charge in [-0.25, -0.2) is 4.79 Å². The lowest BCUT2D eigenvalue weighted by Crippen LogP contribution is -2.55. The van der Waals surface area contributed by atoms with E-state index in [1.807, 2.05) is 24.3 Å². The Morgan fingerprint density at radius 2 is 1.61 bits per heavy atom. The zero-order valence-electron chi connectivity index (χ0n) is 18.4. The molecule has 0 heterocycles. The maximum absolute atomic E-state index is 13.0. The number of nitrogens with one attached hydrogen (secondary N) is 2. The van der Waals surface area contributed by atoms with Gasteiger partial charge in [-0.05, 0) is 53.9 Å². The molecule has 3 aliphatic rings. The summed E-state index contributed by atoms with van der Waals surface area (Å²) in [6.07, 6.45) is 3.30. The molecule has 7 heteroatoms. The van der Waals surface area contributed by atoms with Crippen molar-refractivity contribution in [1.82, 2.24) is 10.6 Å². The normalized spacial score (nSPS) is 18.9. The van der Waals surface area contributed by atoms with E-state index in [2.05, 4.69) is 34.9 Å². The quantitative estimate of drug-likeness (QED) is 0.570. The number of ether oxygens (including phenoxy) is 1. The van der Waals surface area contributed by atoms with E-state index < -0.39 is 23.6 Å². The first-order chi connectivity index (χ1) is 16.0. The first-order valence-electron chi connectivity index (χ1n) is 11.6. The van der Waals surface area contributed by atoms with Crippen LogP contribution in [0.25, 0.3) is 11.1 Å². The zero-order valence-corrected chi connectivity index (χ0v) is 18.4. The van der Waals surface area contributed by atoms with Crippen molar-refractivity contribution in [1.29, 1.82) is 0 Å². The van der Waals surface area contributed by atoms with Crippen LogP contribution in [0.1, 0.15) is 55.6 Å². The van der Waals surface area contributed by atoms with Crippen LogP contribution in [0.2, 0.25) is 0 Å². The molecule has 0 radical (unpaired) electrons. The van der Waals surface area contributed by atoms with Crippen LogP contribution >= 0.6 is 0 Å².